The third-order valence-corrected chi connectivity index (χ3v) is 4.84. The Morgan fingerprint density at radius 2 is 1.64 bits per heavy atom. The minimum absolute atomic E-state index is 0.148. The molecule has 3 rings (SSSR count). The lowest BCUT2D eigenvalue weighted by Crippen LogP contribution is -2.05. The van der Waals surface area contributed by atoms with Gasteiger partial charge in [0.15, 0.2) is 17.2 Å². The summed E-state index contributed by atoms with van der Waals surface area (Å²) in [5.74, 6) is 0.992. The van der Waals surface area contributed by atoms with Crippen LogP contribution >= 0.6 is 34.8 Å². The van der Waals surface area contributed by atoms with Crippen molar-refractivity contribution in [3.05, 3.63) is 80.8 Å². The Bertz CT molecular complexity index is 942. The molecule has 146 valence electrons. The summed E-state index contributed by atoms with van der Waals surface area (Å²) < 4.78 is 11.5. The molecular formula is C21H18Cl3NO3. The predicted octanol–water partition coefficient (Wildman–Crippen LogP) is 6.55. The molecule has 0 aliphatic heterocycles. The van der Waals surface area contributed by atoms with Gasteiger partial charge in [0.1, 0.15) is 6.61 Å². The second kappa shape index (κ2) is 9.28. The maximum Gasteiger partial charge on any atom is 0.166 e. The van der Waals surface area contributed by atoms with Crippen LogP contribution in [0.4, 0.5) is 5.69 Å². The molecule has 7 heteroatoms. The molecule has 3 aromatic rings. The number of phenolic OH excluding ortho intramolecular Hbond substituents is 1. The minimum atomic E-state index is -0.148. The first-order valence-electron chi connectivity index (χ1n) is 8.43. The molecule has 0 atom stereocenters. The molecule has 0 saturated carbocycles. The average molecular weight is 439 g/mol. The standard InChI is InChI=1S/C21H18Cl3NO3/c1-27-19-8-15(22)7-14(21(19)28-12-13-5-3-2-4-6-13)11-25-16-9-17(23)20(26)18(24)10-16/h2-10,25-26H,11-12H2,1H3. The number of hydrogen-bond acceptors (Lipinski definition) is 4. The lowest BCUT2D eigenvalue weighted by Gasteiger charge is -2.17. The summed E-state index contributed by atoms with van der Waals surface area (Å²) in [6.07, 6.45) is 0. The highest BCUT2D eigenvalue weighted by Crippen LogP contribution is 2.37. The highest BCUT2D eigenvalue weighted by Gasteiger charge is 2.14. The van der Waals surface area contributed by atoms with Crippen LogP contribution in [0.5, 0.6) is 17.2 Å². The largest absolute Gasteiger partial charge is 0.505 e. The Hall–Kier alpha value is -2.27. The van der Waals surface area contributed by atoms with Gasteiger partial charge in [-0.3, -0.25) is 0 Å². The summed E-state index contributed by atoms with van der Waals surface area (Å²) in [5.41, 5.74) is 2.50. The van der Waals surface area contributed by atoms with Gasteiger partial charge in [-0.15, -0.1) is 0 Å². The van der Waals surface area contributed by atoms with Crippen LogP contribution in [0.2, 0.25) is 15.1 Å². The summed E-state index contributed by atoms with van der Waals surface area (Å²) in [7, 11) is 1.57. The molecule has 28 heavy (non-hydrogen) atoms. The van der Waals surface area contributed by atoms with Crippen LogP contribution in [0.25, 0.3) is 0 Å². The number of halogens is 3. The molecule has 0 fully saturated rings. The van der Waals surface area contributed by atoms with Gasteiger partial charge in [0.05, 0.1) is 17.2 Å². The number of hydrogen-bond donors (Lipinski definition) is 2. The van der Waals surface area contributed by atoms with Gasteiger partial charge < -0.3 is 19.9 Å². The average Bonchev–Trinajstić information content (AvgIpc) is 2.69. The molecule has 0 bridgehead atoms. The highest BCUT2D eigenvalue weighted by molar-refractivity contribution is 6.37. The molecule has 2 N–H and O–H groups in total. The number of nitrogens with one attached hydrogen (secondary N) is 1. The molecule has 0 heterocycles. The number of anilines is 1. The number of ether oxygens (including phenoxy) is 2. The van der Waals surface area contributed by atoms with E-state index >= 15 is 0 Å². The van der Waals surface area contributed by atoms with Gasteiger partial charge in [0, 0.05) is 28.9 Å². The first kappa shape index (κ1) is 20.5. The molecule has 0 amide bonds. The van der Waals surface area contributed by atoms with Crippen molar-refractivity contribution < 1.29 is 14.6 Å². The minimum Gasteiger partial charge on any atom is -0.505 e. The van der Waals surface area contributed by atoms with Crippen LogP contribution in [0.15, 0.2) is 54.6 Å². The van der Waals surface area contributed by atoms with Crippen LogP contribution in [0, 0.1) is 0 Å². The van der Waals surface area contributed by atoms with E-state index in [1.165, 1.54) is 0 Å². The van der Waals surface area contributed by atoms with Gasteiger partial charge in [-0.05, 0) is 23.8 Å². The van der Waals surface area contributed by atoms with Crippen molar-refractivity contribution in [2.75, 3.05) is 12.4 Å². The van der Waals surface area contributed by atoms with Crippen LogP contribution in [-0.4, -0.2) is 12.2 Å². The monoisotopic (exact) mass is 437 g/mol. The van der Waals surface area contributed by atoms with Crippen molar-refractivity contribution in [2.45, 2.75) is 13.2 Å². The molecule has 0 aromatic heterocycles. The van der Waals surface area contributed by atoms with Gasteiger partial charge in [0.25, 0.3) is 0 Å². The first-order valence-corrected chi connectivity index (χ1v) is 9.56. The summed E-state index contributed by atoms with van der Waals surface area (Å²) in [6.45, 7) is 0.779. The zero-order valence-electron chi connectivity index (χ0n) is 15.0. The molecule has 0 unspecified atom stereocenters. The van der Waals surface area contributed by atoms with Crippen LogP contribution in [0.1, 0.15) is 11.1 Å². The second-order valence-electron chi connectivity index (χ2n) is 6.01. The zero-order valence-corrected chi connectivity index (χ0v) is 17.3. The van der Waals surface area contributed by atoms with Crippen molar-refractivity contribution in [1.82, 2.24) is 0 Å². The summed E-state index contributed by atoms with van der Waals surface area (Å²) in [6, 6.07) is 16.5. The van der Waals surface area contributed by atoms with Crippen LogP contribution in [0.3, 0.4) is 0 Å². The first-order chi connectivity index (χ1) is 13.5. The maximum atomic E-state index is 9.70. The number of benzene rings is 3. The smallest absolute Gasteiger partial charge is 0.166 e. The third-order valence-electron chi connectivity index (χ3n) is 4.04. The van der Waals surface area contributed by atoms with E-state index in [4.69, 9.17) is 44.3 Å². The SMILES string of the molecule is COc1cc(Cl)cc(CNc2cc(Cl)c(O)c(Cl)c2)c1OCc1ccccc1. The maximum absolute atomic E-state index is 9.70. The molecule has 0 spiro atoms. The number of rotatable bonds is 7. The Kier molecular flexibility index (Phi) is 6.79. The van der Waals surface area contributed by atoms with E-state index in [0.717, 1.165) is 11.1 Å². The fourth-order valence-corrected chi connectivity index (χ4v) is 3.38. The van der Waals surface area contributed by atoms with E-state index in [1.54, 1.807) is 31.4 Å². The van der Waals surface area contributed by atoms with Crippen molar-refractivity contribution in [1.29, 1.82) is 0 Å². The lowest BCUT2D eigenvalue weighted by atomic mass is 10.1. The van der Waals surface area contributed by atoms with Crippen molar-refractivity contribution in [3.8, 4) is 17.2 Å². The summed E-state index contributed by atoms with van der Waals surface area (Å²) in [5, 5.41) is 13.8. The van der Waals surface area contributed by atoms with E-state index in [2.05, 4.69) is 5.32 Å². The Morgan fingerprint density at radius 1 is 0.964 bits per heavy atom. The normalized spacial score (nSPS) is 10.6. The molecule has 4 nitrogen and oxygen atoms in total. The predicted molar refractivity (Wildman–Crippen MR) is 114 cm³/mol. The van der Waals surface area contributed by atoms with Crippen molar-refractivity contribution >= 4 is 40.5 Å². The lowest BCUT2D eigenvalue weighted by molar-refractivity contribution is 0.281. The fourth-order valence-electron chi connectivity index (χ4n) is 2.66. The number of aromatic hydroxyl groups is 1. The van der Waals surface area contributed by atoms with Gasteiger partial charge in [0.2, 0.25) is 0 Å². The van der Waals surface area contributed by atoms with E-state index in [-0.39, 0.29) is 15.8 Å². The van der Waals surface area contributed by atoms with Gasteiger partial charge >= 0.3 is 0 Å². The Balaban J connectivity index is 1.84. The fraction of sp³-hybridized carbons (Fsp3) is 0.143. The number of phenols is 1. The number of methoxy groups -OCH3 is 1. The van der Waals surface area contributed by atoms with Crippen molar-refractivity contribution in [3.63, 3.8) is 0 Å². The van der Waals surface area contributed by atoms with E-state index < -0.39 is 0 Å². The van der Waals surface area contributed by atoms with Gasteiger partial charge in [-0.1, -0.05) is 65.1 Å². The highest BCUT2D eigenvalue weighted by atomic mass is 35.5. The van der Waals surface area contributed by atoms with E-state index in [1.807, 2.05) is 30.3 Å². The van der Waals surface area contributed by atoms with Gasteiger partial charge in [-0.25, -0.2) is 0 Å². The zero-order chi connectivity index (χ0) is 20.1. The molecule has 0 radical (unpaired) electrons. The third kappa shape index (κ3) is 4.96. The Labute approximate surface area is 178 Å². The van der Waals surface area contributed by atoms with E-state index in [0.29, 0.717) is 35.4 Å². The molecular weight excluding hydrogens is 421 g/mol. The molecule has 0 saturated heterocycles. The molecule has 3 aromatic carbocycles. The van der Waals surface area contributed by atoms with Crippen LogP contribution < -0.4 is 14.8 Å². The van der Waals surface area contributed by atoms with Gasteiger partial charge in [-0.2, -0.15) is 0 Å². The summed E-state index contributed by atoms with van der Waals surface area (Å²) >= 11 is 18.2. The molecule has 0 aliphatic carbocycles. The van der Waals surface area contributed by atoms with Crippen molar-refractivity contribution in [2.24, 2.45) is 0 Å². The molecule has 0 aliphatic rings. The topological polar surface area (TPSA) is 50.7 Å². The quantitative estimate of drug-likeness (QED) is 0.411. The van der Waals surface area contributed by atoms with Crippen LogP contribution in [-0.2, 0) is 13.2 Å². The Morgan fingerprint density at radius 3 is 2.29 bits per heavy atom. The summed E-state index contributed by atoms with van der Waals surface area (Å²) in [4.78, 5) is 0. The van der Waals surface area contributed by atoms with E-state index in [9.17, 15) is 5.11 Å². The second-order valence-corrected chi connectivity index (χ2v) is 7.26.